The van der Waals surface area contributed by atoms with Gasteiger partial charge in [0.2, 0.25) is 5.79 Å². The quantitative estimate of drug-likeness (QED) is 0.662. The van der Waals surface area contributed by atoms with E-state index in [1.54, 1.807) is 19.9 Å². The Morgan fingerprint density at radius 2 is 1.72 bits per heavy atom. The highest BCUT2D eigenvalue weighted by atomic mass is 16.7. The van der Waals surface area contributed by atoms with Crippen LogP contribution in [0.3, 0.4) is 0 Å². The number of ether oxygens (including phenoxy) is 3. The van der Waals surface area contributed by atoms with Crippen molar-refractivity contribution in [3.8, 4) is 11.5 Å². The van der Waals surface area contributed by atoms with Crippen LogP contribution in [0.5, 0.6) is 11.5 Å². The Labute approximate surface area is 106 Å². The fourth-order valence-corrected chi connectivity index (χ4v) is 2.44. The molecule has 0 bridgehead atoms. The van der Waals surface area contributed by atoms with Gasteiger partial charge in [-0.2, -0.15) is 0 Å². The van der Waals surface area contributed by atoms with Crippen molar-refractivity contribution in [2.45, 2.75) is 45.5 Å². The molecular formula is C14H16O4. The van der Waals surface area contributed by atoms with E-state index in [0.717, 1.165) is 17.7 Å². The molecule has 2 aliphatic rings. The Morgan fingerprint density at radius 3 is 2.44 bits per heavy atom. The molecule has 4 nitrogen and oxygen atoms in total. The van der Waals surface area contributed by atoms with Crippen LogP contribution in [-0.2, 0) is 11.2 Å². The molecule has 3 rings (SSSR count). The minimum atomic E-state index is -0.924. The molecule has 0 spiro atoms. The van der Waals surface area contributed by atoms with E-state index in [9.17, 15) is 4.79 Å². The summed E-state index contributed by atoms with van der Waals surface area (Å²) >= 11 is 0. The van der Waals surface area contributed by atoms with Crippen LogP contribution in [-0.4, -0.2) is 17.4 Å². The molecule has 0 N–H and O–H groups in total. The maximum Gasteiger partial charge on any atom is 0.345 e. The second-order valence-electron chi connectivity index (χ2n) is 5.89. The fourth-order valence-electron chi connectivity index (χ4n) is 2.44. The zero-order chi connectivity index (χ0) is 13.1. The van der Waals surface area contributed by atoms with Gasteiger partial charge in [0, 0.05) is 26.3 Å². The average molecular weight is 248 g/mol. The third-order valence-corrected chi connectivity index (χ3v) is 3.08. The summed E-state index contributed by atoms with van der Waals surface area (Å²) in [4.78, 5) is 11.9. The normalized spacial score (nSPS) is 22.3. The molecule has 2 heterocycles. The Hall–Kier alpha value is -1.71. The lowest BCUT2D eigenvalue weighted by Crippen LogP contribution is -2.38. The summed E-state index contributed by atoms with van der Waals surface area (Å²) in [5, 5.41) is 0. The van der Waals surface area contributed by atoms with Crippen molar-refractivity contribution in [3.63, 3.8) is 0 Å². The molecule has 0 atom stereocenters. The van der Waals surface area contributed by atoms with Gasteiger partial charge in [-0.25, -0.2) is 4.79 Å². The number of hydrogen-bond donors (Lipinski definition) is 0. The molecular weight excluding hydrogens is 232 g/mol. The summed E-state index contributed by atoms with van der Waals surface area (Å²) in [6.07, 6.45) is 0.784. The van der Waals surface area contributed by atoms with Crippen molar-refractivity contribution in [2.24, 2.45) is 0 Å². The van der Waals surface area contributed by atoms with Gasteiger partial charge in [-0.15, -0.1) is 0 Å². The minimum Gasteiger partial charge on any atom is -0.487 e. The van der Waals surface area contributed by atoms with E-state index in [-0.39, 0.29) is 11.6 Å². The van der Waals surface area contributed by atoms with Gasteiger partial charge in [-0.3, -0.25) is 0 Å². The van der Waals surface area contributed by atoms with Gasteiger partial charge in [0.25, 0.3) is 0 Å². The Balaban J connectivity index is 2.08. The average Bonchev–Trinajstić information content (AvgIpc) is 2.46. The number of benzene rings is 1. The van der Waals surface area contributed by atoms with Crippen LogP contribution in [0.1, 0.15) is 43.6 Å². The molecule has 4 heteroatoms. The van der Waals surface area contributed by atoms with Gasteiger partial charge in [-0.1, -0.05) is 0 Å². The van der Waals surface area contributed by atoms with E-state index < -0.39 is 5.79 Å². The lowest BCUT2D eigenvalue weighted by Gasteiger charge is -2.31. The lowest BCUT2D eigenvalue weighted by atomic mass is 9.99. The van der Waals surface area contributed by atoms with E-state index in [1.165, 1.54) is 0 Å². The first-order valence-electron chi connectivity index (χ1n) is 6.04. The highest BCUT2D eigenvalue weighted by Gasteiger charge is 2.38. The second kappa shape index (κ2) is 3.19. The maximum absolute atomic E-state index is 11.9. The molecule has 18 heavy (non-hydrogen) atoms. The molecule has 96 valence electrons. The van der Waals surface area contributed by atoms with Crippen LogP contribution in [0.15, 0.2) is 12.1 Å². The van der Waals surface area contributed by atoms with Crippen LogP contribution >= 0.6 is 0 Å². The van der Waals surface area contributed by atoms with E-state index in [2.05, 4.69) is 0 Å². The first-order valence-corrected chi connectivity index (χ1v) is 6.04. The number of carbonyl (C=O) groups is 1. The number of fused-ring (bicyclic) bond motifs is 2. The van der Waals surface area contributed by atoms with Gasteiger partial charge in [-0.05, 0) is 25.5 Å². The molecule has 0 fully saturated rings. The number of rotatable bonds is 0. The summed E-state index contributed by atoms with van der Waals surface area (Å²) < 4.78 is 16.7. The molecule has 1 aromatic carbocycles. The fraction of sp³-hybridized carbons (Fsp3) is 0.500. The molecule has 0 aliphatic carbocycles. The number of esters is 1. The van der Waals surface area contributed by atoms with Crippen molar-refractivity contribution in [1.82, 2.24) is 0 Å². The van der Waals surface area contributed by atoms with Crippen LogP contribution in [0.25, 0.3) is 0 Å². The SMILES string of the molecule is CC1(C)Cc2cc3c(cc2O1)OC(C)(C)OC3=O. The van der Waals surface area contributed by atoms with Crippen molar-refractivity contribution in [1.29, 1.82) is 0 Å². The van der Waals surface area contributed by atoms with Crippen molar-refractivity contribution in [3.05, 3.63) is 23.3 Å². The van der Waals surface area contributed by atoms with Crippen LogP contribution in [0, 0.1) is 0 Å². The van der Waals surface area contributed by atoms with Crippen molar-refractivity contribution >= 4 is 5.97 Å². The topological polar surface area (TPSA) is 44.8 Å². The van der Waals surface area contributed by atoms with E-state index in [4.69, 9.17) is 14.2 Å². The largest absolute Gasteiger partial charge is 0.487 e. The van der Waals surface area contributed by atoms with Gasteiger partial charge in [0.05, 0.1) is 0 Å². The Kier molecular flexibility index (Phi) is 2.02. The molecule has 0 aromatic heterocycles. The van der Waals surface area contributed by atoms with Crippen LogP contribution < -0.4 is 9.47 Å². The monoisotopic (exact) mass is 248 g/mol. The van der Waals surface area contributed by atoms with Crippen molar-refractivity contribution in [2.75, 3.05) is 0 Å². The Bertz CT molecular complexity index is 543. The smallest absolute Gasteiger partial charge is 0.345 e. The van der Waals surface area contributed by atoms with Crippen LogP contribution in [0.4, 0.5) is 0 Å². The van der Waals surface area contributed by atoms with Gasteiger partial charge >= 0.3 is 5.97 Å². The third kappa shape index (κ3) is 1.72. The first-order chi connectivity index (χ1) is 8.26. The highest BCUT2D eigenvalue weighted by Crippen LogP contribution is 2.42. The summed E-state index contributed by atoms with van der Waals surface area (Å²) in [5.41, 5.74) is 1.28. The number of cyclic esters (lactones) is 1. The molecule has 0 unspecified atom stereocenters. The van der Waals surface area contributed by atoms with Gasteiger partial charge < -0.3 is 14.2 Å². The van der Waals surface area contributed by atoms with E-state index in [1.807, 2.05) is 19.9 Å². The van der Waals surface area contributed by atoms with E-state index in [0.29, 0.717) is 11.3 Å². The summed E-state index contributed by atoms with van der Waals surface area (Å²) in [6.45, 7) is 7.47. The molecule has 0 radical (unpaired) electrons. The summed E-state index contributed by atoms with van der Waals surface area (Å²) in [6, 6.07) is 3.61. The predicted molar refractivity (Wildman–Crippen MR) is 65.0 cm³/mol. The molecule has 0 saturated carbocycles. The molecule has 0 saturated heterocycles. The highest BCUT2D eigenvalue weighted by molar-refractivity contribution is 5.94. The molecule has 1 aromatic rings. The standard InChI is InChI=1S/C14H16O4/c1-13(2)7-8-5-9-11(6-10(8)16-13)17-14(3,4)18-12(9)15/h5-6H,7H2,1-4H3. The minimum absolute atomic E-state index is 0.230. The summed E-state index contributed by atoms with van der Waals surface area (Å²) in [5.74, 6) is 0.0672. The van der Waals surface area contributed by atoms with E-state index >= 15 is 0 Å². The summed E-state index contributed by atoms with van der Waals surface area (Å²) in [7, 11) is 0. The first kappa shape index (κ1) is 11.4. The van der Waals surface area contributed by atoms with Crippen LogP contribution in [0.2, 0.25) is 0 Å². The second-order valence-corrected chi connectivity index (χ2v) is 5.89. The van der Waals surface area contributed by atoms with Crippen molar-refractivity contribution < 1.29 is 19.0 Å². The Morgan fingerprint density at radius 1 is 1.00 bits per heavy atom. The predicted octanol–water partition coefficient (Wildman–Crippen LogP) is 2.69. The molecule has 0 amide bonds. The number of carbonyl (C=O) groups excluding carboxylic acids is 1. The van der Waals surface area contributed by atoms with Gasteiger partial charge in [0.15, 0.2) is 0 Å². The zero-order valence-corrected chi connectivity index (χ0v) is 11.0. The third-order valence-electron chi connectivity index (χ3n) is 3.08. The lowest BCUT2D eigenvalue weighted by molar-refractivity contribution is -0.127. The van der Waals surface area contributed by atoms with Gasteiger partial charge in [0.1, 0.15) is 22.7 Å². The number of hydrogen-bond acceptors (Lipinski definition) is 4. The maximum atomic E-state index is 11.9. The molecule has 2 aliphatic heterocycles. The zero-order valence-electron chi connectivity index (χ0n) is 11.0.